The number of carbonyl (C=O) groups is 1. The molecule has 4 nitrogen and oxygen atoms in total. The summed E-state index contributed by atoms with van der Waals surface area (Å²) >= 11 is 0. The van der Waals surface area contributed by atoms with Crippen molar-refractivity contribution in [2.45, 2.75) is 25.9 Å². The van der Waals surface area contributed by atoms with Crippen LogP contribution in [0.25, 0.3) is 10.9 Å². The predicted octanol–water partition coefficient (Wildman–Crippen LogP) is 2.06. The van der Waals surface area contributed by atoms with Crippen molar-refractivity contribution in [2.24, 2.45) is 0 Å². The minimum absolute atomic E-state index is 0.101. The number of amides is 1. The summed E-state index contributed by atoms with van der Waals surface area (Å²) in [6, 6.07) is 10.3. The molecule has 4 heteroatoms. The summed E-state index contributed by atoms with van der Waals surface area (Å²) in [7, 11) is 0. The standard InChI is InChI=1S/C16H19N3O/c1-11-9-19(10-12(2)18-11)16(20)14-7-8-17-15-6-4-3-5-13(14)15/h3-8,11-12,18H,9-10H2,1-2H3. The zero-order chi connectivity index (χ0) is 14.1. The minimum atomic E-state index is 0.101. The molecule has 1 aliphatic heterocycles. The summed E-state index contributed by atoms with van der Waals surface area (Å²) in [6.07, 6.45) is 1.71. The minimum Gasteiger partial charge on any atom is -0.336 e. The zero-order valence-electron chi connectivity index (χ0n) is 11.8. The first-order valence-corrected chi connectivity index (χ1v) is 7.04. The van der Waals surface area contributed by atoms with E-state index in [1.165, 1.54) is 0 Å². The molecule has 0 aliphatic carbocycles. The molecule has 3 rings (SSSR count). The smallest absolute Gasteiger partial charge is 0.254 e. The highest BCUT2D eigenvalue weighted by Gasteiger charge is 2.26. The van der Waals surface area contributed by atoms with E-state index >= 15 is 0 Å². The summed E-state index contributed by atoms with van der Waals surface area (Å²) in [6.45, 7) is 5.72. The fourth-order valence-corrected chi connectivity index (χ4v) is 2.95. The van der Waals surface area contributed by atoms with E-state index in [1.54, 1.807) is 6.20 Å². The quantitative estimate of drug-likeness (QED) is 0.862. The third-order valence-electron chi connectivity index (χ3n) is 3.72. The van der Waals surface area contributed by atoms with E-state index in [1.807, 2.05) is 35.2 Å². The van der Waals surface area contributed by atoms with Crippen molar-refractivity contribution in [3.63, 3.8) is 0 Å². The predicted molar refractivity (Wildman–Crippen MR) is 79.7 cm³/mol. The van der Waals surface area contributed by atoms with Gasteiger partial charge < -0.3 is 10.2 Å². The van der Waals surface area contributed by atoms with Gasteiger partial charge in [0.05, 0.1) is 11.1 Å². The van der Waals surface area contributed by atoms with Gasteiger partial charge in [-0.3, -0.25) is 9.78 Å². The lowest BCUT2D eigenvalue weighted by Crippen LogP contribution is -2.55. The van der Waals surface area contributed by atoms with Crippen LogP contribution in [0.5, 0.6) is 0 Å². The van der Waals surface area contributed by atoms with Crippen molar-refractivity contribution in [2.75, 3.05) is 13.1 Å². The number of pyridine rings is 1. The molecule has 0 radical (unpaired) electrons. The second kappa shape index (κ2) is 5.21. The Labute approximate surface area is 118 Å². The molecule has 1 amide bonds. The zero-order valence-corrected chi connectivity index (χ0v) is 11.8. The van der Waals surface area contributed by atoms with Crippen molar-refractivity contribution < 1.29 is 4.79 Å². The third-order valence-corrected chi connectivity index (χ3v) is 3.72. The molecule has 0 bridgehead atoms. The summed E-state index contributed by atoms with van der Waals surface area (Å²) in [5, 5.41) is 4.38. The Kier molecular flexibility index (Phi) is 3.40. The average Bonchev–Trinajstić information content (AvgIpc) is 2.45. The maximum absolute atomic E-state index is 12.8. The molecule has 1 saturated heterocycles. The van der Waals surface area contributed by atoms with Crippen LogP contribution in [0.2, 0.25) is 0 Å². The Balaban J connectivity index is 1.96. The van der Waals surface area contributed by atoms with Gasteiger partial charge in [-0.2, -0.15) is 0 Å². The maximum Gasteiger partial charge on any atom is 0.254 e. The fraction of sp³-hybridized carbons (Fsp3) is 0.375. The lowest BCUT2D eigenvalue weighted by Gasteiger charge is -2.36. The second-order valence-electron chi connectivity index (χ2n) is 5.55. The molecule has 1 aromatic carbocycles. The van der Waals surface area contributed by atoms with Gasteiger partial charge in [0.25, 0.3) is 5.91 Å². The number of nitrogens with one attached hydrogen (secondary N) is 1. The van der Waals surface area contributed by atoms with Crippen LogP contribution < -0.4 is 5.32 Å². The fourth-order valence-electron chi connectivity index (χ4n) is 2.95. The number of para-hydroxylation sites is 1. The lowest BCUT2D eigenvalue weighted by molar-refractivity contribution is 0.0675. The van der Waals surface area contributed by atoms with Crippen molar-refractivity contribution in [3.05, 3.63) is 42.1 Å². The number of hydrogen-bond donors (Lipinski definition) is 1. The number of fused-ring (bicyclic) bond motifs is 1. The molecule has 2 atom stereocenters. The van der Waals surface area contributed by atoms with E-state index in [0.717, 1.165) is 29.6 Å². The number of benzene rings is 1. The molecule has 0 spiro atoms. The molecule has 104 valence electrons. The lowest BCUT2D eigenvalue weighted by atomic mass is 10.1. The van der Waals surface area contributed by atoms with Gasteiger partial charge >= 0.3 is 0 Å². The Morgan fingerprint density at radius 3 is 2.65 bits per heavy atom. The molecule has 2 heterocycles. The van der Waals surface area contributed by atoms with Gasteiger partial charge in [0.2, 0.25) is 0 Å². The van der Waals surface area contributed by atoms with Crippen LogP contribution in [0, 0.1) is 0 Å². The van der Waals surface area contributed by atoms with Gasteiger partial charge in [-0.25, -0.2) is 0 Å². The first kappa shape index (κ1) is 13.1. The second-order valence-corrected chi connectivity index (χ2v) is 5.55. The van der Waals surface area contributed by atoms with Crippen LogP contribution in [0.1, 0.15) is 24.2 Å². The molecule has 2 unspecified atom stereocenters. The van der Waals surface area contributed by atoms with Crippen molar-refractivity contribution in [1.29, 1.82) is 0 Å². The van der Waals surface area contributed by atoms with Crippen LogP contribution in [0.4, 0.5) is 0 Å². The van der Waals surface area contributed by atoms with Gasteiger partial charge in [-0.1, -0.05) is 18.2 Å². The van der Waals surface area contributed by atoms with E-state index < -0.39 is 0 Å². The number of nitrogens with zero attached hydrogens (tertiary/aromatic N) is 2. The van der Waals surface area contributed by atoms with E-state index in [4.69, 9.17) is 0 Å². The van der Waals surface area contributed by atoms with Gasteiger partial charge in [-0.05, 0) is 26.0 Å². The Bertz CT molecular complexity index is 625. The van der Waals surface area contributed by atoms with Crippen LogP contribution >= 0.6 is 0 Å². The van der Waals surface area contributed by atoms with E-state index in [9.17, 15) is 4.79 Å². The van der Waals surface area contributed by atoms with Gasteiger partial charge in [-0.15, -0.1) is 0 Å². The SMILES string of the molecule is CC1CN(C(=O)c2ccnc3ccccc23)CC(C)N1. The average molecular weight is 269 g/mol. The summed E-state index contributed by atoms with van der Waals surface area (Å²) in [4.78, 5) is 19.0. The number of carbonyl (C=O) groups excluding carboxylic acids is 1. The highest BCUT2D eigenvalue weighted by atomic mass is 16.2. The number of piperazine rings is 1. The van der Waals surface area contributed by atoms with E-state index in [-0.39, 0.29) is 5.91 Å². The molecule has 1 aliphatic rings. The highest BCUT2D eigenvalue weighted by Crippen LogP contribution is 2.19. The molecule has 20 heavy (non-hydrogen) atoms. The van der Waals surface area contributed by atoms with Crippen LogP contribution in [-0.4, -0.2) is 41.0 Å². The third kappa shape index (κ3) is 2.39. The van der Waals surface area contributed by atoms with E-state index in [0.29, 0.717) is 12.1 Å². The van der Waals surface area contributed by atoms with Crippen LogP contribution in [0.15, 0.2) is 36.5 Å². The molecule has 2 aromatic rings. The number of hydrogen-bond acceptors (Lipinski definition) is 3. The molecular weight excluding hydrogens is 250 g/mol. The molecule has 1 fully saturated rings. The molecule has 1 aromatic heterocycles. The van der Waals surface area contributed by atoms with Crippen molar-refractivity contribution >= 4 is 16.8 Å². The maximum atomic E-state index is 12.8. The first-order valence-electron chi connectivity index (χ1n) is 7.04. The molecule has 1 N–H and O–H groups in total. The normalized spacial score (nSPS) is 23.0. The Hall–Kier alpha value is -1.94. The van der Waals surface area contributed by atoms with Crippen molar-refractivity contribution in [1.82, 2.24) is 15.2 Å². The summed E-state index contributed by atoms with van der Waals surface area (Å²) in [5.41, 5.74) is 1.62. The monoisotopic (exact) mass is 269 g/mol. The largest absolute Gasteiger partial charge is 0.336 e. The Morgan fingerprint density at radius 2 is 1.90 bits per heavy atom. The van der Waals surface area contributed by atoms with Crippen LogP contribution in [0.3, 0.4) is 0 Å². The van der Waals surface area contributed by atoms with Gasteiger partial charge in [0.15, 0.2) is 0 Å². The van der Waals surface area contributed by atoms with Crippen molar-refractivity contribution in [3.8, 4) is 0 Å². The summed E-state index contributed by atoms with van der Waals surface area (Å²) < 4.78 is 0. The Morgan fingerprint density at radius 1 is 1.20 bits per heavy atom. The topological polar surface area (TPSA) is 45.2 Å². The van der Waals surface area contributed by atoms with E-state index in [2.05, 4.69) is 24.1 Å². The number of rotatable bonds is 1. The molecule has 0 saturated carbocycles. The van der Waals surface area contributed by atoms with Gasteiger partial charge in [0, 0.05) is 36.8 Å². The van der Waals surface area contributed by atoms with Crippen LogP contribution in [-0.2, 0) is 0 Å². The number of aromatic nitrogens is 1. The molecular formula is C16H19N3O. The first-order chi connectivity index (χ1) is 9.65. The summed E-state index contributed by atoms with van der Waals surface area (Å²) in [5.74, 6) is 0.101. The van der Waals surface area contributed by atoms with Gasteiger partial charge in [0.1, 0.15) is 0 Å². The highest BCUT2D eigenvalue weighted by molar-refractivity contribution is 6.06.